The summed E-state index contributed by atoms with van der Waals surface area (Å²) >= 11 is 0. The smallest absolute Gasteiger partial charge is 0.222 e. The van der Waals surface area contributed by atoms with Crippen LogP contribution >= 0.6 is 0 Å². The van der Waals surface area contributed by atoms with Gasteiger partial charge in [0, 0.05) is 38.6 Å². The SMILES string of the molecule is OC(CNc1ncccn1)CN1CCc2ccccc2C1. The molecule has 1 aliphatic heterocycles. The lowest BCUT2D eigenvalue weighted by Crippen LogP contribution is -2.39. The quantitative estimate of drug-likeness (QED) is 0.867. The van der Waals surface area contributed by atoms with E-state index < -0.39 is 6.10 Å². The molecule has 3 rings (SSSR count). The highest BCUT2D eigenvalue weighted by molar-refractivity contribution is 5.29. The van der Waals surface area contributed by atoms with Gasteiger partial charge < -0.3 is 10.4 Å². The monoisotopic (exact) mass is 284 g/mol. The van der Waals surface area contributed by atoms with Gasteiger partial charge in [-0.15, -0.1) is 0 Å². The molecule has 2 heterocycles. The van der Waals surface area contributed by atoms with Gasteiger partial charge in [-0.2, -0.15) is 0 Å². The summed E-state index contributed by atoms with van der Waals surface area (Å²) < 4.78 is 0. The molecule has 0 spiro atoms. The molecule has 0 aliphatic carbocycles. The maximum absolute atomic E-state index is 10.2. The van der Waals surface area contributed by atoms with Crippen molar-refractivity contribution in [3.63, 3.8) is 0 Å². The van der Waals surface area contributed by atoms with Crippen LogP contribution in [-0.4, -0.2) is 45.7 Å². The Morgan fingerprint density at radius 3 is 2.71 bits per heavy atom. The van der Waals surface area contributed by atoms with E-state index in [1.54, 1.807) is 18.5 Å². The minimum absolute atomic E-state index is 0.431. The Balaban J connectivity index is 1.49. The second-order valence-electron chi connectivity index (χ2n) is 5.36. The van der Waals surface area contributed by atoms with Crippen LogP contribution in [0.5, 0.6) is 0 Å². The van der Waals surface area contributed by atoms with Crippen LogP contribution in [0.2, 0.25) is 0 Å². The van der Waals surface area contributed by atoms with Gasteiger partial charge in [0.15, 0.2) is 0 Å². The lowest BCUT2D eigenvalue weighted by molar-refractivity contribution is 0.114. The molecule has 0 fully saturated rings. The summed E-state index contributed by atoms with van der Waals surface area (Å²) in [6, 6.07) is 10.3. The highest BCUT2D eigenvalue weighted by atomic mass is 16.3. The number of aromatic nitrogens is 2. The Kier molecular flexibility index (Phi) is 4.43. The highest BCUT2D eigenvalue weighted by Gasteiger charge is 2.18. The van der Waals surface area contributed by atoms with Crippen LogP contribution in [0.1, 0.15) is 11.1 Å². The summed E-state index contributed by atoms with van der Waals surface area (Å²) in [6.45, 7) is 3.03. The number of fused-ring (bicyclic) bond motifs is 1. The summed E-state index contributed by atoms with van der Waals surface area (Å²) in [4.78, 5) is 10.5. The second kappa shape index (κ2) is 6.65. The van der Waals surface area contributed by atoms with Gasteiger partial charge in [0.25, 0.3) is 0 Å². The van der Waals surface area contributed by atoms with Crippen molar-refractivity contribution in [1.82, 2.24) is 14.9 Å². The van der Waals surface area contributed by atoms with Crippen molar-refractivity contribution in [2.75, 3.05) is 25.0 Å². The zero-order valence-corrected chi connectivity index (χ0v) is 11.9. The van der Waals surface area contributed by atoms with Crippen LogP contribution in [0.4, 0.5) is 5.95 Å². The number of rotatable bonds is 5. The molecule has 1 unspecified atom stereocenters. The van der Waals surface area contributed by atoms with Crippen LogP contribution in [0.15, 0.2) is 42.7 Å². The normalized spacial score (nSPS) is 16.2. The minimum Gasteiger partial charge on any atom is -0.390 e. The number of hydrogen-bond acceptors (Lipinski definition) is 5. The van der Waals surface area contributed by atoms with Gasteiger partial charge in [0.1, 0.15) is 0 Å². The molecule has 0 amide bonds. The van der Waals surface area contributed by atoms with Crippen LogP contribution in [0.3, 0.4) is 0 Å². The first kappa shape index (κ1) is 14.0. The maximum Gasteiger partial charge on any atom is 0.222 e. The third-order valence-electron chi connectivity index (χ3n) is 3.74. The van der Waals surface area contributed by atoms with E-state index >= 15 is 0 Å². The third kappa shape index (κ3) is 3.77. The van der Waals surface area contributed by atoms with Gasteiger partial charge >= 0.3 is 0 Å². The van der Waals surface area contributed by atoms with Crippen LogP contribution in [-0.2, 0) is 13.0 Å². The Morgan fingerprint density at radius 2 is 1.90 bits per heavy atom. The van der Waals surface area contributed by atoms with Gasteiger partial charge in [-0.25, -0.2) is 9.97 Å². The number of anilines is 1. The predicted molar refractivity (Wildman–Crippen MR) is 82.0 cm³/mol. The fourth-order valence-electron chi connectivity index (χ4n) is 2.67. The molecule has 1 aromatic heterocycles. The number of hydrogen-bond donors (Lipinski definition) is 2. The highest BCUT2D eigenvalue weighted by Crippen LogP contribution is 2.18. The second-order valence-corrected chi connectivity index (χ2v) is 5.36. The molecular weight excluding hydrogens is 264 g/mol. The molecule has 1 aromatic carbocycles. The fraction of sp³-hybridized carbons (Fsp3) is 0.375. The van der Waals surface area contributed by atoms with Gasteiger partial charge in [0.05, 0.1) is 6.10 Å². The van der Waals surface area contributed by atoms with Gasteiger partial charge in [-0.1, -0.05) is 24.3 Å². The number of benzene rings is 1. The molecule has 0 saturated heterocycles. The van der Waals surface area contributed by atoms with E-state index in [2.05, 4.69) is 44.5 Å². The maximum atomic E-state index is 10.2. The van der Waals surface area contributed by atoms with Crippen molar-refractivity contribution in [3.8, 4) is 0 Å². The molecule has 110 valence electrons. The van der Waals surface area contributed by atoms with Crippen molar-refractivity contribution in [1.29, 1.82) is 0 Å². The Bertz CT molecular complexity index is 575. The Hall–Kier alpha value is -1.98. The van der Waals surface area contributed by atoms with E-state index in [4.69, 9.17) is 0 Å². The standard InChI is InChI=1S/C16H20N4O/c21-15(10-19-16-17-7-3-8-18-16)12-20-9-6-13-4-1-2-5-14(13)11-20/h1-5,7-8,15,21H,6,9-12H2,(H,17,18,19). The molecule has 1 atom stereocenters. The van der Waals surface area contributed by atoms with Crippen molar-refractivity contribution >= 4 is 5.95 Å². The molecule has 0 saturated carbocycles. The van der Waals surface area contributed by atoms with E-state index in [0.29, 0.717) is 19.0 Å². The summed E-state index contributed by atoms with van der Waals surface area (Å²) in [5.74, 6) is 0.556. The van der Waals surface area contributed by atoms with Crippen molar-refractivity contribution in [2.24, 2.45) is 0 Å². The Labute approximate surface area is 124 Å². The summed E-state index contributed by atoms with van der Waals surface area (Å²) in [6.07, 6.45) is 3.99. The molecule has 0 bridgehead atoms. The van der Waals surface area contributed by atoms with Crippen molar-refractivity contribution in [2.45, 2.75) is 19.1 Å². The number of nitrogens with one attached hydrogen (secondary N) is 1. The van der Waals surface area contributed by atoms with Gasteiger partial charge in [-0.3, -0.25) is 4.90 Å². The molecular formula is C16H20N4O. The predicted octanol–water partition coefficient (Wildman–Crippen LogP) is 1.31. The molecule has 5 heteroatoms. The number of aliphatic hydroxyl groups excluding tert-OH is 1. The first-order chi connectivity index (χ1) is 10.3. The van der Waals surface area contributed by atoms with Crippen LogP contribution < -0.4 is 5.32 Å². The number of nitrogens with zero attached hydrogens (tertiary/aromatic N) is 3. The summed E-state index contributed by atoms with van der Waals surface area (Å²) in [5, 5.41) is 13.2. The van der Waals surface area contributed by atoms with Gasteiger partial charge in [-0.05, 0) is 23.6 Å². The van der Waals surface area contributed by atoms with Crippen molar-refractivity contribution in [3.05, 3.63) is 53.9 Å². The van der Waals surface area contributed by atoms with E-state index in [1.807, 2.05) is 0 Å². The van der Waals surface area contributed by atoms with E-state index in [1.165, 1.54) is 11.1 Å². The lowest BCUT2D eigenvalue weighted by Gasteiger charge is -2.30. The van der Waals surface area contributed by atoms with E-state index in [9.17, 15) is 5.11 Å². The fourth-order valence-corrected chi connectivity index (χ4v) is 2.67. The minimum atomic E-state index is -0.431. The zero-order chi connectivity index (χ0) is 14.5. The Morgan fingerprint density at radius 1 is 1.14 bits per heavy atom. The average molecular weight is 284 g/mol. The first-order valence-corrected chi connectivity index (χ1v) is 7.29. The molecule has 1 aliphatic rings. The first-order valence-electron chi connectivity index (χ1n) is 7.29. The number of aliphatic hydroxyl groups is 1. The molecule has 21 heavy (non-hydrogen) atoms. The van der Waals surface area contributed by atoms with E-state index in [-0.39, 0.29) is 0 Å². The van der Waals surface area contributed by atoms with E-state index in [0.717, 1.165) is 19.5 Å². The third-order valence-corrected chi connectivity index (χ3v) is 3.74. The number of β-amino-alcohol motifs (C(OH)–C–C–N with tert-alkyl or cyclic N) is 1. The summed E-state index contributed by atoms with van der Waals surface area (Å²) in [5.41, 5.74) is 2.80. The zero-order valence-electron chi connectivity index (χ0n) is 11.9. The largest absolute Gasteiger partial charge is 0.390 e. The topological polar surface area (TPSA) is 61.3 Å². The molecule has 2 aromatic rings. The molecule has 5 nitrogen and oxygen atoms in total. The lowest BCUT2D eigenvalue weighted by atomic mass is 10.00. The molecule has 0 radical (unpaired) electrons. The van der Waals surface area contributed by atoms with Crippen LogP contribution in [0.25, 0.3) is 0 Å². The van der Waals surface area contributed by atoms with Crippen molar-refractivity contribution < 1.29 is 5.11 Å². The van der Waals surface area contributed by atoms with Crippen LogP contribution in [0, 0.1) is 0 Å². The molecule has 2 N–H and O–H groups in total. The summed E-state index contributed by atoms with van der Waals surface area (Å²) in [7, 11) is 0. The average Bonchev–Trinajstić information content (AvgIpc) is 2.54. The van der Waals surface area contributed by atoms with Gasteiger partial charge in [0.2, 0.25) is 5.95 Å².